The summed E-state index contributed by atoms with van der Waals surface area (Å²) in [6.07, 6.45) is -1.08. The summed E-state index contributed by atoms with van der Waals surface area (Å²) in [6, 6.07) is 1.54. The van der Waals surface area contributed by atoms with Gasteiger partial charge in [0.25, 0.3) is 0 Å². The summed E-state index contributed by atoms with van der Waals surface area (Å²) in [7, 11) is 1.25. The van der Waals surface area contributed by atoms with Crippen LogP contribution in [-0.2, 0) is 9.53 Å². The van der Waals surface area contributed by atoms with Crippen LogP contribution in [0.3, 0.4) is 0 Å². The molecule has 1 heterocycles. The number of nitrogens with zero attached hydrogens (tertiary/aromatic N) is 1. The number of ether oxygens (including phenoxy) is 1. The standard InChI is InChI=1S/C13H18N2O5/c1-7-4-9(5-15-11(7)13(19)20-3)12(18)10(17)6-14-8(2)16/h4-5,10,12,17-18H,6H2,1-3H3,(H,14,16). The molecule has 110 valence electrons. The van der Waals surface area contributed by atoms with Gasteiger partial charge in [-0.2, -0.15) is 0 Å². The van der Waals surface area contributed by atoms with Crippen LogP contribution >= 0.6 is 0 Å². The van der Waals surface area contributed by atoms with Crippen molar-refractivity contribution in [1.29, 1.82) is 0 Å². The number of nitrogens with one attached hydrogen (secondary N) is 1. The highest BCUT2D eigenvalue weighted by atomic mass is 16.5. The van der Waals surface area contributed by atoms with E-state index in [9.17, 15) is 19.8 Å². The Kier molecular flexibility index (Phi) is 5.60. The molecule has 0 bridgehead atoms. The van der Waals surface area contributed by atoms with Crippen molar-refractivity contribution in [2.45, 2.75) is 26.1 Å². The van der Waals surface area contributed by atoms with E-state index in [0.29, 0.717) is 11.1 Å². The van der Waals surface area contributed by atoms with Crippen LogP contribution in [0.4, 0.5) is 0 Å². The SMILES string of the molecule is COC(=O)c1ncc(C(O)C(O)CNC(C)=O)cc1C. The quantitative estimate of drug-likeness (QED) is 0.640. The fraction of sp³-hybridized carbons (Fsp3) is 0.462. The van der Waals surface area contributed by atoms with Gasteiger partial charge in [0.15, 0.2) is 5.69 Å². The molecule has 1 aromatic rings. The predicted molar refractivity (Wildman–Crippen MR) is 70.0 cm³/mol. The van der Waals surface area contributed by atoms with Gasteiger partial charge < -0.3 is 20.3 Å². The lowest BCUT2D eigenvalue weighted by molar-refractivity contribution is -0.119. The van der Waals surface area contributed by atoms with Crippen LogP contribution in [0, 0.1) is 6.92 Å². The highest BCUT2D eigenvalue weighted by Crippen LogP contribution is 2.18. The molecule has 2 atom stereocenters. The first-order valence-corrected chi connectivity index (χ1v) is 6.02. The van der Waals surface area contributed by atoms with Gasteiger partial charge in [0.1, 0.15) is 12.2 Å². The van der Waals surface area contributed by atoms with Crippen molar-refractivity contribution in [3.8, 4) is 0 Å². The van der Waals surface area contributed by atoms with Gasteiger partial charge in [0.2, 0.25) is 5.91 Å². The van der Waals surface area contributed by atoms with Crippen molar-refractivity contribution in [2.24, 2.45) is 0 Å². The minimum absolute atomic E-state index is 0.0751. The number of aliphatic hydroxyl groups is 2. The van der Waals surface area contributed by atoms with Crippen molar-refractivity contribution in [3.63, 3.8) is 0 Å². The first-order valence-electron chi connectivity index (χ1n) is 6.02. The average molecular weight is 282 g/mol. The van der Waals surface area contributed by atoms with Gasteiger partial charge in [-0.25, -0.2) is 9.78 Å². The largest absolute Gasteiger partial charge is 0.464 e. The van der Waals surface area contributed by atoms with Crippen molar-refractivity contribution < 1.29 is 24.5 Å². The molecule has 7 heteroatoms. The number of carbonyl (C=O) groups excluding carboxylic acids is 2. The molecule has 0 aliphatic carbocycles. The molecule has 2 unspecified atom stereocenters. The molecule has 20 heavy (non-hydrogen) atoms. The Bertz CT molecular complexity index is 504. The van der Waals surface area contributed by atoms with Gasteiger partial charge in [0, 0.05) is 25.2 Å². The van der Waals surface area contributed by atoms with Crippen LogP contribution in [0.1, 0.15) is 34.6 Å². The summed E-state index contributed by atoms with van der Waals surface area (Å²) in [5.41, 5.74) is 1.04. The van der Waals surface area contributed by atoms with E-state index in [1.807, 2.05) is 0 Å². The number of aryl methyl sites for hydroxylation is 1. The molecule has 0 radical (unpaired) electrons. The number of amides is 1. The van der Waals surface area contributed by atoms with Gasteiger partial charge in [-0.1, -0.05) is 0 Å². The van der Waals surface area contributed by atoms with Crippen LogP contribution in [0.15, 0.2) is 12.3 Å². The van der Waals surface area contributed by atoms with Gasteiger partial charge in [-0.05, 0) is 18.6 Å². The fourth-order valence-corrected chi connectivity index (χ4v) is 1.65. The van der Waals surface area contributed by atoms with Crippen LogP contribution in [0.25, 0.3) is 0 Å². The number of rotatable bonds is 5. The van der Waals surface area contributed by atoms with E-state index in [4.69, 9.17) is 0 Å². The van der Waals surface area contributed by atoms with Crippen molar-refractivity contribution in [2.75, 3.05) is 13.7 Å². The maximum atomic E-state index is 11.4. The number of hydrogen-bond donors (Lipinski definition) is 3. The molecule has 0 aliphatic rings. The third-order valence-corrected chi connectivity index (χ3v) is 2.74. The van der Waals surface area contributed by atoms with E-state index >= 15 is 0 Å². The van der Waals surface area contributed by atoms with E-state index in [1.54, 1.807) is 13.0 Å². The third kappa shape index (κ3) is 4.01. The first kappa shape index (κ1) is 16.1. The van der Waals surface area contributed by atoms with Gasteiger partial charge in [-0.15, -0.1) is 0 Å². The normalized spacial score (nSPS) is 13.4. The highest BCUT2D eigenvalue weighted by molar-refractivity contribution is 5.88. The van der Waals surface area contributed by atoms with E-state index in [2.05, 4.69) is 15.0 Å². The molecule has 1 aromatic heterocycles. The van der Waals surface area contributed by atoms with Crippen molar-refractivity contribution in [3.05, 3.63) is 29.1 Å². The Morgan fingerprint density at radius 2 is 2.10 bits per heavy atom. The lowest BCUT2D eigenvalue weighted by Crippen LogP contribution is -2.34. The number of esters is 1. The van der Waals surface area contributed by atoms with E-state index < -0.39 is 18.2 Å². The Morgan fingerprint density at radius 3 is 2.60 bits per heavy atom. The number of aromatic nitrogens is 1. The van der Waals surface area contributed by atoms with Crippen molar-refractivity contribution >= 4 is 11.9 Å². The summed E-state index contributed by atoms with van der Waals surface area (Å²) in [5.74, 6) is -0.867. The zero-order valence-corrected chi connectivity index (χ0v) is 11.6. The lowest BCUT2D eigenvalue weighted by atomic mass is 10.0. The van der Waals surface area contributed by atoms with Gasteiger partial charge in [-0.3, -0.25) is 4.79 Å². The predicted octanol–water partition coefficient (Wildman–Crippen LogP) is -0.293. The molecule has 1 amide bonds. The lowest BCUT2D eigenvalue weighted by Gasteiger charge is -2.18. The average Bonchev–Trinajstić information content (AvgIpc) is 2.42. The molecule has 0 aliphatic heterocycles. The van der Waals surface area contributed by atoms with E-state index in [-0.39, 0.29) is 18.1 Å². The minimum Gasteiger partial charge on any atom is -0.464 e. The molecule has 0 saturated heterocycles. The number of aliphatic hydroxyl groups excluding tert-OH is 2. The third-order valence-electron chi connectivity index (χ3n) is 2.74. The molecule has 0 spiro atoms. The summed E-state index contributed by atoms with van der Waals surface area (Å²) in [5, 5.41) is 22.1. The van der Waals surface area contributed by atoms with Crippen LogP contribution in [0.5, 0.6) is 0 Å². The molecule has 1 rings (SSSR count). The van der Waals surface area contributed by atoms with Gasteiger partial charge in [0.05, 0.1) is 7.11 Å². The number of hydrogen-bond acceptors (Lipinski definition) is 6. The molecular formula is C13H18N2O5. The summed E-state index contributed by atoms with van der Waals surface area (Å²) in [4.78, 5) is 26.0. The number of pyridine rings is 1. The Labute approximate surface area is 116 Å². The molecule has 7 nitrogen and oxygen atoms in total. The minimum atomic E-state index is -1.21. The van der Waals surface area contributed by atoms with Gasteiger partial charge >= 0.3 is 5.97 Å². The second kappa shape index (κ2) is 6.97. The van der Waals surface area contributed by atoms with E-state index in [1.165, 1.54) is 20.2 Å². The summed E-state index contributed by atoms with van der Waals surface area (Å²) < 4.78 is 4.57. The van der Waals surface area contributed by atoms with Crippen LogP contribution < -0.4 is 5.32 Å². The maximum absolute atomic E-state index is 11.4. The zero-order valence-electron chi connectivity index (χ0n) is 11.6. The summed E-state index contributed by atoms with van der Waals surface area (Å²) >= 11 is 0. The molecule has 0 aromatic carbocycles. The Morgan fingerprint density at radius 1 is 1.45 bits per heavy atom. The monoisotopic (exact) mass is 282 g/mol. The molecule has 0 saturated carbocycles. The highest BCUT2D eigenvalue weighted by Gasteiger charge is 2.21. The molecular weight excluding hydrogens is 264 g/mol. The fourth-order valence-electron chi connectivity index (χ4n) is 1.65. The van der Waals surface area contributed by atoms with Crippen molar-refractivity contribution in [1.82, 2.24) is 10.3 Å². The zero-order chi connectivity index (χ0) is 15.3. The smallest absolute Gasteiger partial charge is 0.356 e. The van der Waals surface area contributed by atoms with Crippen LogP contribution in [0.2, 0.25) is 0 Å². The maximum Gasteiger partial charge on any atom is 0.356 e. The molecule has 3 N–H and O–H groups in total. The van der Waals surface area contributed by atoms with Crippen LogP contribution in [-0.4, -0.2) is 46.8 Å². The second-order valence-corrected chi connectivity index (χ2v) is 4.38. The summed E-state index contributed by atoms with van der Waals surface area (Å²) in [6.45, 7) is 2.89. The Hall–Kier alpha value is -1.99. The Balaban J connectivity index is 2.84. The first-order chi connectivity index (χ1) is 9.36. The number of carbonyl (C=O) groups is 2. The van der Waals surface area contributed by atoms with E-state index in [0.717, 1.165) is 0 Å². The molecule has 0 fully saturated rings. The second-order valence-electron chi connectivity index (χ2n) is 4.38. The number of methoxy groups -OCH3 is 1. The topological polar surface area (TPSA) is 109 Å².